The molecule has 0 aromatic heterocycles. The fourth-order valence-electron chi connectivity index (χ4n) is 2.60. The summed E-state index contributed by atoms with van der Waals surface area (Å²) >= 11 is 0. The van der Waals surface area contributed by atoms with Crippen LogP contribution >= 0.6 is 0 Å². The third kappa shape index (κ3) is 4.67. The molecule has 0 aliphatic rings. The summed E-state index contributed by atoms with van der Waals surface area (Å²) in [5, 5.41) is 7.82. The van der Waals surface area contributed by atoms with Crippen LogP contribution in [0, 0.1) is 0 Å². The van der Waals surface area contributed by atoms with Crippen molar-refractivity contribution in [3.05, 3.63) is 0 Å². The molecule has 1 N–H and O–H groups in total. The van der Waals surface area contributed by atoms with E-state index < -0.39 is 89.1 Å². The molecule has 0 aromatic rings. The summed E-state index contributed by atoms with van der Waals surface area (Å²) in [5.41, 5.74) is -8.39. The molecule has 0 saturated carbocycles. The largest absolute Gasteiger partial charge is 0.478 e. The monoisotopic (exact) mass is 764 g/mol. The molecule has 1 unspecified atom stereocenters. The first kappa shape index (κ1) is 43.4. The molecular weight excluding hydrogens is 763 g/mol. The first-order valence-electron chi connectivity index (χ1n) is 9.41. The number of aliphatic carboxylic acids is 1. The van der Waals surface area contributed by atoms with Crippen LogP contribution in [0.3, 0.4) is 0 Å². The maximum absolute atomic E-state index is 13.7. The molecule has 0 bridgehead atoms. The molecule has 0 heterocycles. The second-order valence-corrected chi connectivity index (χ2v) is 8.28. The number of rotatable bonds is 12. The topological polar surface area (TPSA) is 37.3 Å². The van der Waals surface area contributed by atoms with Crippen LogP contribution in [0.5, 0.6) is 0 Å². The zero-order chi connectivity index (χ0) is 38.6. The van der Waals surface area contributed by atoms with Crippen molar-refractivity contribution in [2.24, 2.45) is 0 Å². The van der Waals surface area contributed by atoms with Gasteiger partial charge in [0.15, 0.2) is 0 Å². The molecule has 0 aromatic carbocycles. The molecule has 1 atom stereocenters. The van der Waals surface area contributed by atoms with E-state index >= 15 is 0 Å². The minimum absolute atomic E-state index is 5.16. The van der Waals surface area contributed by atoms with Crippen LogP contribution in [-0.4, -0.2) is 94.2 Å². The Morgan fingerprint density at radius 3 is 0.543 bits per heavy atom. The third-order valence-electron chi connectivity index (χ3n) is 5.42. The third-order valence-corrected chi connectivity index (χ3v) is 5.42. The summed E-state index contributed by atoms with van der Waals surface area (Å²) in [7, 11) is 0. The number of carbonyl (C=O) groups is 1. The van der Waals surface area contributed by atoms with Gasteiger partial charge in [-0.1, -0.05) is 0 Å². The highest BCUT2D eigenvalue weighted by Gasteiger charge is 3.01. The lowest BCUT2D eigenvalue weighted by atomic mass is 9.82. The van der Waals surface area contributed by atoms with Gasteiger partial charge in [-0.3, -0.25) is 0 Å². The van der Waals surface area contributed by atoms with Gasteiger partial charge in [0.05, 0.1) is 0 Å². The summed E-state index contributed by atoms with van der Waals surface area (Å²) in [6, 6.07) is 0. The summed E-state index contributed by atoms with van der Waals surface area (Å²) in [5.74, 6) is -111. The summed E-state index contributed by atoms with van der Waals surface area (Å²) in [6.45, 7) is 0. The molecule has 0 fully saturated rings. The van der Waals surface area contributed by atoms with Crippen LogP contribution in [0.1, 0.15) is 0 Å². The van der Waals surface area contributed by atoms with Gasteiger partial charge >= 0.3 is 89.1 Å². The molecule has 0 radical (unpaired) electrons. The summed E-state index contributed by atoms with van der Waals surface area (Å²) in [6.07, 6.45) is -16.6. The van der Waals surface area contributed by atoms with E-state index in [9.17, 15) is 132 Å². The van der Waals surface area contributed by atoms with Crippen molar-refractivity contribution in [1.82, 2.24) is 0 Å². The molecule has 31 heteroatoms. The van der Waals surface area contributed by atoms with E-state index in [1.54, 1.807) is 0 Å². The normalized spacial score (nSPS) is 18.0. The lowest BCUT2D eigenvalue weighted by Gasteiger charge is -2.46. The smallest absolute Gasteiger partial charge is 0.460 e. The first-order chi connectivity index (χ1) is 19.2. The molecule has 0 aliphatic carbocycles. The van der Waals surface area contributed by atoms with Crippen molar-refractivity contribution < 1.29 is 137 Å². The van der Waals surface area contributed by atoms with Gasteiger partial charge in [-0.05, 0) is 0 Å². The van der Waals surface area contributed by atoms with Gasteiger partial charge < -0.3 is 5.11 Å². The number of carboxylic acid groups (broad SMARTS) is 1. The van der Waals surface area contributed by atoms with E-state index in [1.807, 2.05) is 0 Å². The Hall–Kier alpha value is -2.56. The molecule has 0 amide bonds. The maximum atomic E-state index is 13.7. The number of halogens is 29. The van der Waals surface area contributed by atoms with Gasteiger partial charge in [-0.25, -0.2) is 9.18 Å². The van der Waals surface area contributed by atoms with Crippen molar-refractivity contribution in [1.29, 1.82) is 0 Å². The Labute approximate surface area is 228 Å². The summed E-state index contributed by atoms with van der Waals surface area (Å²) < 4.78 is 382. The highest BCUT2D eigenvalue weighted by molar-refractivity contribution is 5.80. The van der Waals surface area contributed by atoms with Crippen LogP contribution in [0.2, 0.25) is 0 Å². The Bertz CT molecular complexity index is 1150. The Balaban J connectivity index is 7.66. The average Bonchev–Trinajstić information content (AvgIpc) is 2.80. The van der Waals surface area contributed by atoms with Crippen molar-refractivity contribution in [2.45, 2.75) is 83.2 Å². The maximum Gasteiger partial charge on any atom is 0.460 e. The standard InChI is InChI=1S/C15HF29O2/c16-2(1(45)46,14(39,40)41)3(17,18)4(19,20)5(21,22)6(23,24)7(25,26)8(27,28)9(29,30)10(31,32)11(33,34)12(35,36)13(37,38)15(42,43)44/h(H,45,46). The van der Waals surface area contributed by atoms with E-state index in [0.717, 1.165) is 0 Å². The lowest BCUT2D eigenvalue weighted by molar-refractivity contribution is -0.485. The minimum Gasteiger partial charge on any atom is -0.478 e. The molecule has 276 valence electrons. The van der Waals surface area contributed by atoms with E-state index in [2.05, 4.69) is 0 Å². The zero-order valence-electron chi connectivity index (χ0n) is 19.3. The highest BCUT2D eigenvalue weighted by Crippen LogP contribution is 2.68. The molecule has 46 heavy (non-hydrogen) atoms. The van der Waals surface area contributed by atoms with Crippen LogP contribution < -0.4 is 0 Å². The number of carboxylic acids is 1. The Morgan fingerprint density at radius 2 is 0.413 bits per heavy atom. The van der Waals surface area contributed by atoms with Crippen molar-refractivity contribution in [3.63, 3.8) is 0 Å². The predicted molar refractivity (Wildman–Crippen MR) is 78.0 cm³/mol. The molecule has 0 saturated heterocycles. The highest BCUT2D eigenvalue weighted by atomic mass is 19.4. The van der Waals surface area contributed by atoms with Gasteiger partial charge in [0.1, 0.15) is 0 Å². The molecular formula is C15HF29O2. The molecule has 2 nitrogen and oxygen atoms in total. The summed E-state index contributed by atoms with van der Waals surface area (Å²) in [4.78, 5) is 10.2. The molecule has 0 rings (SSSR count). The number of alkyl halides is 29. The Kier molecular flexibility index (Phi) is 9.65. The fraction of sp³-hybridized carbons (Fsp3) is 0.933. The fourth-order valence-corrected chi connectivity index (χ4v) is 2.60. The predicted octanol–water partition coefficient (Wildman–Crippen LogP) is 8.89. The first-order valence-corrected chi connectivity index (χ1v) is 9.41. The van der Waals surface area contributed by atoms with E-state index in [1.165, 1.54) is 0 Å². The second kappa shape index (κ2) is 10.2. The van der Waals surface area contributed by atoms with Crippen molar-refractivity contribution >= 4 is 5.97 Å². The average molecular weight is 764 g/mol. The van der Waals surface area contributed by atoms with Crippen molar-refractivity contribution in [2.75, 3.05) is 0 Å². The van der Waals surface area contributed by atoms with Gasteiger partial charge in [0.25, 0.3) is 0 Å². The van der Waals surface area contributed by atoms with E-state index in [0.29, 0.717) is 0 Å². The van der Waals surface area contributed by atoms with E-state index in [-0.39, 0.29) is 0 Å². The van der Waals surface area contributed by atoms with Gasteiger partial charge in [-0.15, -0.1) is 0 Å². The van der Waals surface area contributed by atoms with Gasteiger partial charge in [0, 0.05) is 0 Å². The molecule has 0 aliphatic heterocycles. The van der Waals surface area contributed by atoms with Crippen LogP contribution in [-0.2, 0) is 4.79 Å². The SMILES string of the molecule is O=C(O)C(F)(C(F)(F)F)C(F)(F)C(F)(F)C(F)(F)C(F)(F)C(F)(F)C(F)(F)C(F)(F)C(F)(F)C(F)(F)C(F)(F)C(F)(F)C(F)(F)F. The zero-order valence-corrected chi connectivity index (χ0v) is 19.3. The van der Waals surface area contributed by atoms with Crippen LogP contribution in [0.25, 0.3) is 0 Å². The molecule has 0 spiro atoms. The van der Waals surface area contributed by atoms with Gasteiger partial charge in [-0.2, -0.15) is 123 Å². The number of hydrogen-bond donors (Lipinski definition) is 1. The number of hydrogen-bond acceptors (Lipinski definition) is 1. The van der Waals surface area contributed by atoms with Crippen LogP contribution in [0.15, 0.2) is 0 Å². The quantitative estimate of drug-likeness (QED) is 0.202. The minimum atomic E-state index is -10.0. The van der Waals surface area contributed by atoms with Crippen molar-refractivity contribution in [3.8, 4) is 0 Å². The Morgan fingerprint density at radius 1 is 0.261 bits per heavy atom. The second-order valence-electron chi connectivity index (χ2n) is 8.28. The van der Waals surface area contributed by atoms with Gasteiger partial charge in [0.2, 0.25) is 0 Å². The van der Waals surface area contributed by atoms with E-state index in [4.69, 9.17) is 5.11 Å². The lowest BCUT2D eigenvalue weighted by Crippen LogP contribution is -2.79. The van der Waals surface area contributed by atoms with Crippen LogP contribution in [0.4, 0.5) is 127 Å².